The Hall–Kier alpha value is -1.97. The Labute approximate surface area is 167 Å². The van der Waals surface area contributed by atoms with Gasteiger partial charge in [-0.25, -0.2) is 13.4 Å². The third-order valence-corrected chi connectivity index (χ3v) is 9.06. The Morgan fingerprint density at radius 3 is 2.89 bits per heavy atom. The maximum Gasteiger partial charge on any atom is 0.254 e. The molecule has 2 aromatic rings. The second kappa shape index (κ2) is 7.13. The molecule has 1 N–H and O–H groups in total. The molecular weight excluding hydrogens is 400 g/mol. The number of amides is 1. The smallest absolute Gasteiger partial charge is 0.254 e. The SMILES string of the molecule is Cc1nc(COC[C@H]2CCS(=O)(=O)C23CN(C(=O)c2cccc(O)c2)C3)cs1. The number of carbonyl (C=O) groups is 1. The van der Waals surface area contributed by atoms with E-state index in [0.29, 0.717) is 25.2 Å². The fourth-order valence-electron chi connectivity index (χ4n) is 4.05. The quantitative estimate of drug-likeness (QED) is 0.792. The van der Waals surface area contributed by atoms with Crippen molar-refractivity contribution in [1.29, 1.82) is 0 Å². The van der Waals surface area contributed by atoms with Crippen LogP contribution < -0.4 is 0 Å². The van der Waals surface area contributed by atoms with Crippen molar-refractivity contribution < 1.29 is 23.1 Å². The number of likely N-dealkylation sites (tertiary alicyclic amines) is 1. The van der Waals surface area contributed by atoms with Crippen LogP contribution in [0.25, 0.3) is 0 Å². The van der Waals surface area contributed by atoms with E-state index in [0.717, 1.165) is 10.7 Å². The Morgan fingerprint density at radius 1 is 1.43 bits per heavy atom. The van der Waals surface area contributed by atoms with Gasteiger partial charge in [-0.1, -0.05) is 6.07 Å². The monoisotopic (exact) mass is 422 g/mol. The number of rotatable bonds is 5. The van der Waals surface area contributed by atoms with Crippen molar-refractivity contribution in [3.63, 3.8) is 0 Å². The van der Waals surface area contributed by atoms with Gasteiger partial charge in [-0.2, -0.15) is 0 Å². The molecule has 2 aliphatic rings. The number of hydrogen-bond acceptors (Lipinski definition) is 7. The molecule has 1 spiro atoms. The summed E-state index contributed by atoms with van der Waals surface area (Å²) in [5.41, 5.74) is 1.21. The van der Waals surface area contributed by atoms with Gasteiger partial charge in [0.15, 0.2) is 9.84 Å². The number of nitrogens with zero attached hydrogens (tertiary/aromatic N) is 2. The first-order valence-corrected chi connectivity index (χ1v) is 11.6. The number of ether oxygens (including phenoxy) is 1. The molecule has 0 bridgehead atoms. The molecule has 2 aliphatic heterocycles. The molecule has 0 radical (unpaired) electrons. The highest BCUT2D eigenvalue weighted by molar-refractivity contribution is 7.93. The van der Waals surface area contributed by atoms with Crippen molar-refractivity contribution in [1.82, 2.24) is 9.88 Å². The highest BCUT2D eigenvalue weighted by Crippen LogP contribution is 2.45. The van der Waals surface area contributed by atoms with Crippen molar-refractivity contribution in [3.8, 4) is 5.75 Å². The zero-order chi connectivity index (χ0) is 19.9. The molecule has 0 saturated carbocycles. The summed E-state index contributed by atoms with van der Waals surface area (Å²) < 4.78 is 30.3. The zero-order valence-corrected chi connectivity index (χ0v) is 17.1. The van der Waals surface area contributed by atoms with E-state index in [4.69, 9.17) is 4.74 Å². The van der Waals surface area contributed by atoms with Crippen LogP contribution in [-0.2, 0) is 21.2 Å². The molecule has 28 heavy (non-hydrogen) atoms. The predicted octanol–water partition coefficient (Wildman–Crippen LogP) is 2.00. The first kappa shape index (κ1) is 19.4. The standard InChI is InChI=1S/C19H22N2O5S2/c1-13-20-16(10-27-13)9-26-8-15-5-6-28(24,25)19(15)11-21(12-19)18(23)14-3-2-4-17(22)7-14/h2-4,7,10,15,22H,5-6,8-9,11-12H2,1H3/t15-/m1/s1. The molecule has 2 saturated heterocycles. The largest absolute Gasteiger partial charge is 0.508 e. The number of phenols is 1. The Morgan fingerprint density at radius 2 is 2.21 bits per heavy atom. The lowest BCUT2D eigenvalue weighted by Gasteiger charge is -2.49. The topological polar surface area (TPSA) is 96.8 Å². The molecule has 1 aromatic carbocycles. The van der Waals surface area contributed by atoms with Crippen molar-refractivity contribution in [2.24, 2.45) is 5.92 Å². The number of hydrogen-bond donors (Lipinski definition) is 1. The van der Waals surface area contributed by atoms with Gasteiger partial charge in [0.1, 0.15) is 10.5 Å². The minimum Gasteiger partial charge on any atom is -0.508 e. The number of sulfone groups is 1. The van der Waals surface area contributed by atoms with Crippen LogP contribution in [0.15, 0.2) is 29.6 Å². The van der Waals surface area contributed by atoms with Crippen LogP contribution in [0.2, 0.25) is 0 Å². The molecule has 1 atom stereocenters. The lowest BCUT2D eigenvalue weighted by Crippen LogP contribution is -2.68. The van der Waals surface area contributed by atoms with E-state index in [2.05, 4.69) is 4.98 Å². The van der Waals surface area contributed by atoms with Crippen molar-refractivity contribution in [3.05, 3.63) is 45.9 Å². The minimum atomic E-state index is -3.28. The second-order valence-electron chi connectivity index (χ2n) is 7.45. The van der Waals surface area contributed by atoms with Crippen LogP contribution in [0.1, 0.15) is 27.5 Å². The van der Waals surface area contributed by atoms with Crippen LogP contribution in [0.5, 0.6) is 5.75 Å². The number of carbonyl (C=O) groups excluding carboxylic acids is 1. The summed E-state index contributed by atoms with van der Waals surface area (Å²) in [6.45, 7) is 2.98. The minimum absolute atomic E-state index is 0.0122. The molecule has 7 nitrogen and oxygen atoms in total. The van der Waals surface area contributed by atoms with Gasteiger partial charge in [0, 0.05) is 30.0 Å². The lowest BCUT2D eigenvalue weighted by molar-refractivity contribution is 0.0205. The van der Waals surface area contributed by atoms with Crippen LogP contribution in [0.3, 0.4) is 0 Å². The maximum atomic E-state index is 12.7. The van der Waals surface area contributed by atoms with Gasteiger partial charge in [-0.15, -0.1) is 11.3 Å². The normalized spacial score (nSPS) is 22.3. The number of phenolic OH excluding ortho intramolecular Hbond substituents is 1. The van der Waals surface area contributed by atoms with Gasteiger partial charge in [-0.05, 0) is 31.5 Å². The van der Waals surface area contributed by atoms with E-state index in [9.17, 15) is 18.3 Å². The fraction of sp³-hybridized carbons (Fsp3) is 0.474. The van der Waals surface area contributed by atoms with Crippen molar-refractivity contribution in [2.75, 3.05) is 25.4 Å². The molecular formula is C19H22N2O5S2. The van der Waals surface area contributed by atoms with Gasteiger partial charge in [0.2, 0.25) is 0 Å². The van der Waals surface area contributed by atoms with Gasteiger partial charge in [0.05, 0.1) is 29.7 Å². The molecule has 3 heterocycles. The number of thiazole rings is 1. The van der Waals surface area contributed by atoms with Crippen LogP contribution in [-0.4, -0.2) is 59.5 Å². The molecule has 0 aliphatic carbocycles. The van der Waals surface area contributed by atoms with E-state index in [1.165, 1.54) is 17.0 Å². The van der Waals surface area contributed by atoms with Crippen molar-refractivity contribution >= 4 is 27.1 Å². The summed E-state index contributed by atoms with van der Waals surface area (Å²) in [5.74, 6) is -0.254. The Bertz CT molecular complexity index is 995. The number of aryl methyl sites for hydroxylation is 1. The summed E-state index contributed by atoms with van der Waals surface area (Å²) >= 11 is 1.56. The van der Waals surface area contributed by atoms with Gasteiger partial charge >= 0.3 is 0 Å². The Kier molecular flexibility index (Phi) is 4.93. The summed E-state index contributed by atoms with van der Waals surface area (Å²) in [7, 11) is -3.28. The summed E-state index contributed by atoms with van der Waals surface area (Å²) in [4.78, 5) is 18.5. The van der Waals surface area contributed by atoms with E-state index < -0.39 is 14.6 Å². The summed E-state index contributed by atoms with van der Waals surface area (Å²) in [5, 5.41) is 12.5. The van der Waals surface area contributed by atoms with E-state index in [1.54, 1.807) is 23.5 Å². The average Bonchev–Trinajstić information content (AvgIpc) is 3.13. The Balaban J connectivity index is 1.42. The molecule has 9 heteroatoms. The van der Waals surface area contributed by atoms with Crippen LogP contribution in [0, 0.1) is 12.8 Å². The molecule has 1 aromatic heterocycles. The summed E-state index contributed by atoms with van der Waals surface area (Å²) in [6.07, 6.45) is 0.548. The van der Waals surface area contributed by atoms with Crippen LogP contribution >= 0.6 is 11.3 Å². The van der Waals surface area contributed by atoms with E-state index >= 15 is 0 Å². The van der Waals surface area contributed by atoms with Gasteiger partial charge in [-0.3, -0.25) is 4.79 Å². The fourth-order valence-corrected chi connectivity index (χ4v) is 7.05. The number of benzene rings is 1. The summed E-state index contributed by atoms with van der Waals surface area (Å²) in [6, 6.07) is 6.10. The third kappa shape index (κ3) is 3.31. The number of aromatic hydroxyl groups is 1. The predicted molar refractivity (Wildman–Crippen MR) is 105 cm³/mol. The zero-order valence-electron chi connectivity index (χ0n) is 15.5. The first-order chi connectivity index (χ1) is 13.3. The average molecular weight is 423 g/mol. The highest BCUT2D eigenvalue weighted by Gasteiger charge is 2.62. The molecule has 0 unspecified atom stereocenters. The van der Waals surface area contributed by atoms with Crippen molar-refractivity contribution in [2.45, 2.75) is 24.7 Å². The molecule has 2 fully saturated rings. The molecule has 150 valence electrons. The maximum absolute atomic E-state index is 12.7. The van der Waals surface area contributed by atoms with Crippen LogP contribution in [0.4, 0.5) is 0 Å². The number of aromatic nitrogens is 1. The molecule has 4 rings (SSSR count). The molecule has 1 amide bonds. The highest BCUT2D eigenvalue weighted by atomic mass is 32.2. The first-order valence-electron chi connectivity index (χ1n) is 9.10. The van der Waals surface area contributed by atoms with Gasteiger partial charge in [0.25, 0.3) is 5.91 Å². The lowest BCUT2D eigenvalue weighted by atomic mass is 9.83. The third-order valence-electron chi connectivity index (χ3n) is 5.63. The van der Waals surface area contributed by atoms with E-state index in [1.807, 2.05) is 12.3 Å². The van der Waals surface area contributed by atoms with E-state index in [-0.39, 0.29) is 36.4 Å². The second-order valence-corrected chi connectivity index (χ2v) is 11.0. The van der Waals surface area contributed by atoms with Gasteiger partial charge < -0.3 is 14.7 Å².